The Bertz CT molecular complexity index is 255. The predicted molar refractivity (Wildman–Crippen MR) is 55.3 cm³/mol. The van der Waals surface area contributed by atoms with E-state index in [0.29, 0.717) is 19.4 Å². The Balaban J connectivity index is 2.71. The molecular weight excluding hydrogens is 196 g/mol. The smallest absolute Gasteiger partial charge is 0.326 e. The third-order valence-electron chi connectivity index (χ3n) is 2.83. The van der Waals surface area contributed by atoms with E-state index in [9.17, 15) is 9.59 Å². The quantitative estimate of drug-likeness (QED) is 0.702. The summed E-state index contributed by atoms with van der Waals surface area (Å²) in [4.78, 5) is 24.1. The van der Waals surface area contributed by atoms with Crippen LogP contribution in [0.4, 0.5) is 0 Å². The molecule has 1 amide bonds. The highest BCUT2D eigenvalue weighted by Gasteiger charge is 2.33. The molecule has 1 rings (SSSR count). The number of nitrogens with two attached hydrogens (primary N) is 1. The Morgan fingerprint density at radius 1 is 1.53 bits per heavy atom. The highest BCUT2D eigenvalue weighted by molar-refractivity contribution is 5.87. The van der Waals surface area contributed by atoms with Gasteiger partial charge in [0.15, 0.2) is 0 Å². The molecule has 15 heavy (non-hydrogen) atoms. The predicted octanol–water partition coefficient (Wildman–Crippen LogP) is 0.189. The SMILES string of the molecule is CC[C@H](N)C(=O)N1CCCC[C@H]1C(=O)O. The standard InChI is InChI=1S/C10H18N2O3/c1-2-7(11)9(13)12-6-4-3-5-8(12)10(14)15/h7-8H,2-6,11H2,1H3,(H,14,15)/t7-,8-/m0/s1. The summed E-state index contributed by atoms with van der Waals surface area (Å²) in [5.74, 6) is -1.16. The molecule has 0 aromatic heterocycles. The molecule has 0 spiro atoms. The van der Waals surface area contributed by atoms with E-state index >= 15 is 0 Å². The van der Waals surface area contributed by atoms with Crippen molar-refractivity contribution in [3.8, 4) is 0 Å². The minimum absolute atomic E-state index is 0.232. The van der Waals surface area contributed by atoms with Crippen LogP contribution in [-0.2, 0) is 9.59 Å². The molecule has 0 aromatic carbocycles. The minimum Gasteiger partial charge on any atom is -0.480 e. The Kier molecular flexibility index (Phi) is 4.08. The largest absolute Gasteiger partial charge is 0.480 e. The molecule has 5 nitrogen and oxygen atoms in total. The molecule has 0 aromatic rings. The first kappa shape index (κ1) is 12.0. The van der Waals surface area contributed by atoms with Gasteiger partial charge in [0.05, 0.1) is 6.04 Å². The van der Waals surface area contributed by atoms with Crippen molar-refractivity contribution < 1.29 is 14.7 Å². The van der Waals surface area contributed by atoms with Crippen LogP contribution in [0.1, 0.15) is 32.6 Å². The van der Waals surface area contributed by atoms with Crippen LogP contribution < -0.4 is 5.73 Å². The number of carbonyl (C=O) groups excluding carboxylic acids is 1. The number of rotatable bonds is 3. The molecule has 1 heterocycles. The minimum atomic E-state index is -0.925. The van der Waals surface area contributed by atoms with Crippen molar-refractivity contribution in [1.82, 2.24) is 4.90 Å². The summed E-state index contributed by atoms with van der Waals surface area (Å²) >= 11 is 0. The van der Waals surface area contributed by atoms with E-state index in [2.05, 4.69) is 0 Å². The molecule has 1 saturated heterocycles. The van der Waals surface area contributed by atoms with E-state index < -0.39 is 18.1 Å². The number of nitrogens with zero attached hydrogens (tertiary/aromatic N) is 1. The van der Waals surface area contributed by atoms with Gasteiger partial charge in [0, 0.05) is 6.54 Å². The van der Waals surface area contributed by atoms with Crippen LogP contribution in [0.3, 0.4) is 0 Å². The Morgan fingerprint density at radius 3 is 2.73 bits per heavy atom. The molecule has 2 atom stereocenters. The lowest BCUT2D eigenvalue weighted by Crippen LogP contribution is -2.53. The van der Waals surface area contributed by atoms with Gasteiger partial charge in [0.1, 0.15) is 6.04 Å². The summed E-state index contributed by atoms with van der Waals surface area (Å²) in [5.41, 5.74) is 5.63. The van der Waals surface area contributed by atoms with Crippen LogP contribution >= 0.6 is 0 Å². The fraction of sp³-hybridized carbons (Fsp3) is 0.800. The fourth-order valence-corrected chi connectivity index (χ4v) is 1.84. The van der Waals surface area contributed by atoms with E-state index in [1.165, 1.54) is 4.90 Å². The van der Waals surface area contributed by atoms with Gasteiger partial charge in [-0.15, -0.1) is 0 Å². The van der Waals surface area contributed by atoms with Crippen LogP contribution in [0.2, 0.25) is 0 Å². The zero-order chi connectivity index (χ0) is 11.4. The van der Waals surface area contributed by atoms with Gasteiger partial charge in [-0.25, -0.2) is 4.79 Å². The summed E-state index contributed by atoms with van der Waals surface area (Å²) < 4.78 is 0. The van der Waals surface area contributed by atoms with Crippen molar-refractivity contribution in [2.75, 3.05) is 6.54 Å². The first-order chi connectivity index (χ1) is 7.07. The average Bonchev–Trinajstić information content (AvgIpc) is 2.27. The summed E-state index contributed by atoms with van der Waals surface area (Å²) in [7, 11) is 0. The molecule has 0 saturated carbocycles. The number of amides is 1. The van der Waals surface area contributed by atoms with Crippen molar-refractivity contribution in [3.63, 3.8) is 0 Å². The van der Waals surface area contributed by atoms with Gasteiger partial charge >= 0.3 is 5.97 Å². The summed E-state index contributed by atoms with van der Waals surface area (Å²) in [5, 5.41) is 8.98. The second-order valence-corrected chi connectivity index (χ2v) is 3.90. The van der Waals surface area contributed by atoms with Gasteiger partial charge in [-0.2, -0.15) is 0 Å². The average molecular weight is 214 g/mol. The van der Waals surface area contributed by atoms with Crippen molar-refractivity contribution in [2.45, 2.75) is 44.7 Å². The maximum absolute atomic E-state index is 11.8. The number of hydrogen-bond donors (Lipinski definition) is 2. The molecule has 5 heteroatoms. The molecule has 1 aliphatic heterocycles. The van der Waals surface area contributed by atoms with Crippen LogP contribution in [-0.4, -0.2) is 40.5 Å². The summed E-state index contributed by atoms with van der Waals surface area (Å²) in [6.07, 6.45) is 2.81. The van der Waals surface area contributed by atoms with Gasteiger partial charge in [-0.3, -0.25) is 4.79 Å². The maximum atomic E-state index is 11.8. The van der Waals surface area contributed by atoms with E-state index in [1.54, 1.807) is 0 Å². The van der Waals surface area contributed by atoms with Crippen LogP contribution in [0.25, 0.3) is 0 Å². The van der Waals surface area contributed by atoms with Gasteiger partial charge < -0.3 is 15.7 Å². The monoisotopic (exact) mass is 214 g/mol. The number of piperidine rings is 1. The number of hydrogen-bond acceptors (Lipinski definition) is 3. The van der Waals surface area contributed by atoms with Crippen LogP contribution in [0, 0.1) is 0 Å². The van der Waals surface area contributed by atoms with Crippen molar-refractivity contribution in [3.05, 3.63) is 0 Å². The molecule has 3 N–H and O–H groups in total. The molecule has 0 bridgehead atoms. The molecule has 86 valence electrons. The zero-order valence-electron chi connectivity index (χ0n) is 8.98. The molecule has 1 aliphatic rings. The molecule has 0 unspecified atom stereocenters. The van der Waals surface area contributed by atoms with Gasteiger partial charge in [-0.1, -0.05) is 6.92 Å². The van der Waals surface area contributed by atoms with Crippen molar-refractivity contribution >= 4 is 11.9 Å². The van der Waals surface area contributed by atoms with E-state index in [1.807, 2.05) is 6.92 Å². The van der Waals surface area contributed by atoms with Gasteiger partial charge in [-0.05, 0) is 25.7 Å². The van der Waals surface area contributed by atoms with Crippen molar-refractivity contribution in [1.29, 1.82) is 0 Å². The number of carboxylic acids is 1. The van der Waals surface area contributed by atoms with Gasteiger partial charge in [0.2, 0.25) is 5.91 Å². The number of aliphatic carboxylic acids is 1. The van der Waals surface area contributed by atoms with E-state index in [0.717, 1.165) is 12.8 Å². The summed E-state index contributed by atoms with van der Waals surface area (Å²) in [6, 6.07) is -1.24. The lowest BCUT2D eigenvalue weighted by atomic mass is 10.0. The normalized spacial score (nSPS) is 23.6. The maximum Gasteiger partial charge on any atom is 0.326 e. The zero-order valence-corrected chi connectivity index (χ0v) is 8.98. The first-order valence-corrected chi connectivity index (χ1v) is 5.36. The lowest BCUT2D eigenvalue weighted by molar-refractivity contribution is -0.152. The third kappa shape index (κ3) is 2.68. The van der Waals surface area contributed by atoms with Crippen LogP contribution in [0.5, 0.6) is 0 Å². The topological polar surface area (TPSA) is 83.6 Å². The fourth-order valence-electron chi connectivity index (χ4n) is 1.84. The second-order valence-electron chi connectivity index (χ2n) is 3.90. The van der Waals surface area contributed by atoms with Crippen LogP contribution in [0.15, 0.2) is 0 Å². The number of carbonyl (C=O) groups is 2. The van der Waals surface area contributed by atoms with E-state index in [-0.39, 0.29) is 5.91 Å². The lowest BCUT2D eigenvalue weighted by Gasteiger charge is -2.34. The first-order valence-electron chi connectivity index (χ1n) is 5.36. The second kappa shape index (κ2) is 5.11. The molecule has 0 aliphatic carbocycles. The van der Waals surface area contributed by atoms with E-state index in [4.69, 9.17) is 10.8 Å². The Hall–Kier alpha value is -1.10. The Morgan fingerprint density at radius 2 is 2.20 bits per heavy atom. The Labute approximate surface area is 89.2 Å². The van der Waals surface area contributed by atoms with Gasteiger partial charge in [0.25, 0.3) is 0 Å². The van der Waals surface area contributed by atoms with Crippen molar-refractivity contribution in [2.24, 2.45) is 5.73 Å². The number of carboxylic acid groups (broad SMARTS) is 1. The highest BCUT2D eigenvalue weighted by Crippen LogP contribution is 2.18. The molecular formula is C10H18N2O3. The third-order valence-corrected chi connectivity index (χ3v) is 2.83. The number of likely N-dealkylation sites (tertiary alicyclic amines) is 1. The molecule has 1 fully saturated rings. The summed E-state index contributed by atoms with van der Waals surface area (Å²) in [6.45, 7) is 2.34. The molecule has 0 radical (unpaired) electrons. The highest BCUT2D eigenvalue weighted by atomic mass is 16.4.